The summed E-state index contributed by atoms with van der Waals surface area (Å²) in [5.74, 6) is 0. The minimum Gasteiger partial charge on any atom is -0.600 e. The van der Waals surface area contributed by atoms with Crippen molar-refractivity contribution in [3.05, 3.63) is 5.21 Å². The minimum atomic E-state index is -0.193. The molecule has 0 bridgehead atoms. The van der Waals surface area contributed by atoms with Gasteiger partial charge in [0, 0.05) is 0 Å². The molecule has 1 N–H and O–H groups in total. The summed E-state index contributed by atoms with van der Waals surface area (Å²) in [6.07, 6.45) is 1.03. The molecule has 0 spiro atoms. The van der Waals surface area contributed by atoms with E-state index in [9.17, 15) is 5.21 Å². The van der Waals surface area contributed by atoms with E-state index in [1.807, 2.05) is 0 Å². The Hall–Kier alpha value is -0.120. The average molecular weight is 147 g/mol. The van der Waals surface area contributed by atoms with Crippen molar-refractivity contribution in [1.29, 1.82) is 0 Å². The van der Waals surface area contributed by atoms with Crippen LogP contribution in [0.1, 0.15) is 27.2 Å². The van der Waals surface area contributed by atoms with Crippen molar-refractivity contribution in [3.63, 3.8) is 0 Å². The van der Waals surface area contributed by atoms with Gasteiger partial charge in [-0.3, -0.25) is 0 Å². The van der Waals surface area contributed by atoms with Gasteiger partial charge in [0.25, 0.3) is 0 Å². The van der Waals surface area contributed by atoms with Crippen molar-refractivity contribution >= 4 is 0 Å². The first-order valence-electron chi connectivity index (χ1n) is 3.61. The van der Waals surface area contributed by atoms with Crippen LogP contribution in [-0.4, -0.2) is 13.7 Å². The van der Waals surface area contributed by atoms with Crippen molar-refractivity contribution < 1.29 is 10.1 Å². The van der Waals surface area contributed by atoms with Crippen molar-refractivity contribution in [2.24, 2.45) is 5.41 Å². The van der Waals surface area contributed by atoms with E-state index in [4.69, 9.17) is 4.84 Å². The zero-order valence-electron chi connectivity index (χ0n) is 7.23. The highest BCUT2D eigenvalue weighted by atomic mass is 16.9. The SMILES string of the molecule is CCC(C)(C)CO[NH+](C)[O-]. The Bertz CT molecular complexity index is 91.6. The predicted octanol–water partition coefficient (Wildman–Crippen LogP) is 0.367. The molecule has 0 saturated carbocycles. The van der Waals surface area contributed by atoms with Crippen molar-refractivity contribution in [2.75, 3.05) is 13.7 Å². The minimum absolute atomic E-state index is 0.131. The van der Waals surface area contributed by atoms with E-state index in [1.165, 1.54) is 7.05 Å². The number of hydrogen-bond donors (Lipinski definition) is 1. The lowest BCUT2D eigenvalue weighted by atomic mass is 9.92. The summed E-state index contributed by atoms with van der Waals surface area (Å²) in [6, 6.07) is 0. The molecule has 0 aliphatic rings. The predicted molar refractivity (Wildman–Crippen MR) is 40.3 cm³/mol. The standard InChI is InChI=1S/C7H17NO2/c1-5-7(2,3)6-10-8(4)9/h8H,5-6H2,1-4H3. The number of hydrogen-bond acceptors (Lipinski definition) is 2. The molecule has 0 aromatic carbocycles. The first kappa shape index (κ1) is 9.88. The van der Waals surface area contributed by atoms with E-state index < -0.39 is 0 Å². The van der Waals surface area contributed by atoms with Gasteiger partial charge in [-0.2, -0.15) is 0 Å². The van der Waals surface area contributed by atoms with Gasteiger partial charge < -0.3 is 5.21 Å². The van der Waals surface area contributed by atoms with Crippen LogP contribution in [0, 0.1) is 10.6 Å². The lowest BCUT2D eigenvalue weighted by molar-refractivity contribution is -1.04. The number of rotatable bonds is 4. The van der Waals surface area contributed by atoms with Gasteiger partial charge in [0.05, 0.1) is 7.05 Å². The second-order valence-electron chi connectivity index (χ2n) is 3.30. The maximum Gasteiger partial charge on any atom is 0.112 e. The van der Waals surface area contributed by atoms with Gasteiger partial charge in [-0.25, -0.2) is 10.1 Å². The smallest absolute Gasteiger partial charge is 0.112 e. The van der Waals surface area contributed by atoms with Gasteiger partial charge in [0.15, 0.2) is 0 Å². The van der Waals surface area contributed by atoms with Gasteiger partial charge in [-0.05, 0) is 11.8 Å². The molecule has 3 heteroatoms. The van der Waals surface area contributed by atoms with Crippen LogP contribution in [0.15, 0.2) is 0 Å². The van der Waals surface area contributed by atoms with Gasteiger partial charge in [-0.1, -0.05) is 20.8 Å². The quantitative estimate of drug-likeness (QED) is 0.583. The lowest BCUT2D eigenvalue weighted by Gasteiger charge is -2.24. The molecule has 0 heterocycles. The Kier molecular flexibility index (Phi) is 3.86. The molecule has 0 aromatic heterocycles. The van der Waals surface area contributed by atoms with Crippen molar-refractivity contribution in [2.45, 2.75) is 27.2 Å². The molecular weight excluding hydrogens is 130 g/mol. The first-order chi connectivity index (χ1) is 4.48. The Morgan fingerprint density at radius 1 is 1.50 bits per heavy atom. The molecule has 0 aromatic rings. The summed E-state index contributed by atoms with van der Waals surface area (Å²) in [5, 5.41) is 10.2. The second-order valence-corrected chi connectivity index (χ2v) is 3.30. The molecule has 62 valence electrons. The average Bonchev–Trinajstić information content (AvgIpc) is 1.85. The third kappa shape index (κ3) is 4.73. The summed E-state index contributed by atoms with van der Waals surface area (Å²) < 4.78 is 0. The topological polar surface area (TPSA) is 36.7 Å². The van der Waals surface area contributed by atoms with Gasteiger partial charge in [0.1, 0.15) is 6.61 Å². The second kappa shape index (κ2) is 3.91. The highest BCUT2D eigenvalue weighted by molar-refractivity contribution is 4.63. The van der Waals surface area contributed by atoms with Crippen LogP contribution in [0.3, 0.4) is 0 Å². The van der Waals surface area contributed by atoms with E-state index in [0.717, 1.165) is 6.42 Å². The fourth-order valence-corrected chi connectivity index (χ4v) is 0.399. The van der Waals surface area contributed by atoms with E-state index in [1.54, 1.807) is 0 Å². The molecule has 1 unspecified atom stereocenters. The maximum absolute atomic E-state index is 10.4. The van der Waals surface area contributed by atoms with Gasteiger partial charge >= 0.3 is 0 Å². The molecule has 1 atom stereocenters. The molecule has 0 saturated heterocycles. The number of hydroxylamine groups is 2. The first-order valence-corrected chi connectivity index (χ1v) is 3.61. The van der Waals surface area contributed by atoms with Crippen LogP contribution >= 0.6 is 0 Å². The fraction of sp³-hybridized carbons (Fsp3) is 1.00. The molecule has 0 fully saturated rings. The van der Waals surface area contributed by atoms with Crippen LogP contribution in [-0.2, 0) is 4.84 Å². The van der Waals surface area contributed by atoms with Crippen LogP contribution < -0.4 is 5.23 Å². The molecule has 0 radical (unpaired) electrons. The lowest BCUT2D eigenvalue weighted by Crippen LogP contribution is -3.03. The molecule has 3 nitrogen and oxygen atoms in total. The van der Waals surface area contributed by atoms with E-state index in [0.29, 0.717) is 6.61 Å². The van der Waals surface area contributed by atoms with E-state index >= 15 is 0 Å². The molecule has 0 aliphatic heterocycles. The van der Waals surface area contributed by atoms with Gasteiger partial charge in [-0.15, -0.1) is 0 Å². The summed E-state index contributed by atoms with van der Waals surface area (Å²) in [5.41, 5.74) is 0.131. The van der Waals surface area contributed by atoms with Crippen LogP contribution in [0.25, 0.3) is 0 Å². The summed E-state index contributed by atoms with van der Waals surface area (Å²) in [7, 11) is 1.44. The largest absolute Gasteiger partial charge is 0.600 e. The maximum atomic E-state index is 10.4. The van der Waals surface area contributed by atoms with Crippen molar-refractivity contribution in [3.8, 4) is 0 Å². The molecular formula is C7H17NO2. The summed E-state index contributed by atoms with van der Waals surface area (Å²) in [4.78, 5) is 4.86. The van der Waals surface area contributed by atoms with E-state index in [2.05, 4.69) is 20.8 Å². The Balaban J connectivity index is 3.46. The Labute approximate surface area is 62.5 Å². The normalized spacial score (nSPS) is 15.3. The third-order valence-electron chi connectivity index (χ3n) is 1.62. The van der Waals surface area contributed by atoms with Crippen LogP contribution in [0.5, 0.6) is 0 Å². The molecule has 0 rings (SSSR count). The summed E-state index contributed by atoms with van der Waals surface area (Å²) >= 11 is 0. The number of nitrogens with one attached hydrogen (secondary N) is 1. The number of quaternary nitrogens is 1. The Morgan fingerprint density at radius 3 is 2.30 bits per heavy atom. The zero-order valence-corrected chi connectivity index (χ0v) is 7.23. The highest BCUT2D eigenvalue weighted by Crippen LogP contribution is 2.18. The zero-order chi connectivity index (χ0) is 8.20. The molecule has 10 heavy (non-hydrogen) atoms. The summed E-state index contributed by atoms with van der Waals surface area (Å²) in [6.45, 7) is 6.77. The Morgan fingerprint density at radius 2 is 2.00 bits per heavy atom. The highest BCUT2D eigenvalue weighted by Gasteiger charge is 2.16. The van der Waals surface area contributed by atoms with Crippen molar-refractivity contribution in [1.82, 2.24) is 0 Å². The van der Waals surface area contributed by atoms with Crippen LogP contribution in [0.4, 0.5) is 0 Å². The third-order valence-corrected chi connectivity index (χ3v) is 1.62. The molecule has 0 aliphatic carbocycles. The van der Waals surface area contributed by atoms with E-state index in [-0.39, 0.29) is 10.6 Å². The van der Waals surface area contributed by atoms with Gasteiger partial charge in [0.2, 0.25) is 0 Å². The van der Waals surface area contributed by atoms with Crippen LogP contribution in [0.2, 0.25) is 0 Å². The fourth-order valence-electron chi connectivity index (χ4n) is 0.399. The monoisotopic (exact) mass is 147 g/mol. The molecule has 0 amide bonds.